The highest BCUT2D eigenvalue weighted by molar-refractivity contribution is 7.07. The molecular weight excluding hydrogens is 475 g/mol. The molecule has 0 fully saturated rings. The predicted octanol–water partition coefficient (Wildman–Crippen LogP) is 2.87. The Morgan fingerprint density at radius 3 is 2.84 bits per heavy atom. The van der Waals surface area contributed by atoms with Crippen LogP contribution in [0.2, 0.25) is 10.0 Å². The number of thiazole rings is 1. The maximum atomic E-state index is 13.5. The number of fused-ring (bicyclic) bond motifs is 6. The number of para-hydroxylation sites is 1. The first-order valence-electron chi connectivity index (χ1n) is 9.60. The molecule has 10 heteroatoms. The molecule has 3 atom stereocenters. The largest absolute Gasteiger partial charge is 0.506 e. The molecule has 1 N–H and O–H groups in total. The number of benzene rings is 2. The van der Waals surface area contributed by atoms with Gasteiger partial charge in [-0.05, 0) is 31.2 Å². The quantitative estimate of drug-likeness (QED) is 0.557. The molecule has 0 saturated carbocycles. The maximum absolute atomic E-state index is 13.5. The van der Waals surface area contributed by atoms with Crippen molar-refractivity contribution in [3.8, 4) is 11.5 Å². The van der Waals surface area contributed by atoms with Gasteiger partial charge in [-0.15, -0.1) is 0 Å². The topological polar surface area (TPSA) is 90.1 Å². The Bertz CT molecular complexity index is 1460. The molecule has 0 saturated heterocycles. The van der Waals surface area contributed by atoms with Gasteiger partial charge in [0.15, 0.2) is 4.80 Å². The van der Waals surface area contributed by atoms with Crippen molar-refractivity contribution in [2.24, 2.45) is 10.9 Å². The lowest BCUT2D eigenvalue weighted by atomic mass is 9.81. The Labute approximate surface area is 195 Å². The summed E-state index contributed by atoms with van der Waals surface area (Å²) in [5.41, 5.74) is -0.616. The fourth-order valence-corrected chi connectivity index (χ4v) is 5.87. The number of phenols is 1. The Morgan fingerprint density at radius 2 is 2.09 bits per heavy atom. The summed E-state index contributed by atoms with van der Waals surface area (Å²) in [4.78, 5) is 31.4. The highest BCUT2D eigenvalue weighted by Crippen LogP contribution is 2.47. The third-order valence-corrected chi connectivity index (χ3v) is 7.17. The molecule has 1 aromatic heterocycles. The molecule has 0 aliphatic carbocycles. The molecule has 0 spiro atoms. The first-order valence-corrected chi connectivity index (χ1v) is 11.2. The normalized spacial score (nSPS) is 23.6. The van der Waals surface area contributed by atoms with Crippen LogP contribution in [0.5, 0.6) is 11.5 Å². The van der Waals surface area contributed by atoms with Crippen LogP contribution >= 0.6 is 34.5 Å². The molecule has 3 unspecified atom stereocenters. The van der Waals surface area contributed by atoms with Crippen LogP contribution in [0, 0.1) is 5.92 Å². The molecule has 164 valence electrons. The summed E-state index contributed by atoms with van der Waals surface area (Å²) in [6.07, 6.45) is 1.51. The molecular formula is C22H16Cl2N2O5S. The van der Waals surface area contributed by atoms with Crippen molar-refractivity contribution >= 4 is 46.6 Å². The van der Waals surface area contributed by atoms with E-state index >= 15 is 0 Å². The average molecular weight is 491 g/mol. The SMILES string of the molecule is COC(=O)C1C2c3ccccc3OC1(C)N=c1s/c(=C/c3cc(Cl)cc(Cl)c3O)c(=O)n12. The van der Waals surface area contributed by atoms with E-state index in [1.54, 1.807) is 13.0 Å². The lowest BCUT2D eigenvalue weighted by Crippen LogP contribution is -2.58. The molecule has 0 amide bonds. The van der Waals surface area contributed by atoms with Crippen LogP contribution in [0.15, 0.2) is 46.2 Å². The maximum Gasteiger partial charge on any atom is 0.317 e. The highest BCUT2D eigenvalue weighted by Gasteiger charge is 2.55. The standard InChI is InChI=1S/C22H16Cl2N2O5S/c1-22-16(20(29)30-2)17(12-5-3-4-6-14(12)31-22)26-19(28)15(32-21(26)25-22)8-10-7-11(23)9-13(24)18(10)27/h3-9,16-17,27H,1-2H3/b15-8+. The molecule has 2 aliphatic rings. The van der Waals surface area contributed by atoms with Crippen molar-refractivity contribution in [3.63, 3.8) is 0 Å². The first-order chi connectivity index (χ1) is 15.2. The second-order valence-corrected chi connectivity index (χ2v) is 9.50. The summed E-state index contributed by atoms with van der Waals surface area (Å²) in [7, 11) is 1.30. The number of aromatic nitrogens is 1. The van der Waals surface area contributed by atoms with Gasteiger partial charge in [0.1, 0.15) is 17.4 Å². The van der Waals surface area contributed by atoms with E-state index in [1.807, 2.05) is 18.2 Å². The highest BCUT2D eigenvalue weighted by atomic mass is 35.5. The van der Waals surface area contributed by atoms with Crippen LogP contribution in [0.1, 0.15) is 24.1 Å². The second-order valence-electron chi connectivity index (χ2n) is 7.65. The summed E-state index contributed by atoms with van der Waals surface area (Å²) >= 11 is 13.2. The van der Waals surface area contributed by atoms with Crippen molar-refractivity contribution in [1.29, 1.82) is 0 Å². The number of rotatable bonds is 2. The number of methoxy groups -OCH3 is 1. The fraction of sp³-hybridized carbons (Fsp3) is 0.227. The Balaban J connectivity index is 1.81. The minimum Gasteiger partial charge on any atom is -0.506 e. The van der Waals surface area contributed by atoms with Crippen molar-refractivity contribution < 1.29 is 19.4 Å². The molecule has 7 nitrogen and oxygen atoms in total. The predicted molar refractivity (Wildman–Crippen MR) is 120 cm³/mol. The molecule has 3 heterocycles. The van der Waals surface area contributed by atoms with Gasteiger partial charge in [0.25, 0.3) is 5.56 Å². The number of hydrogen-bond acceptors (Lipinski definition) is 7. The summed E-state index contributed by atoms with van der Waals surface area (Å²) in [5, 5.41) is 10.7. The number of phenolic OH excluding ortho intramolecular Hbond substituents is 1. The van der Waals surface area contributed by atoms with Gasteiger partial charge in [0.2, 0.25) is 5.72 Å². The minimum atomic E-state index is -1.25. The lowest BCUT2D eigenvalue weighted by Gasteiger charge is -2.44. The molecule has 2 bridgehead atoms. The van der Waals surface area contributed by atoms with Crippen LogP contribution in [0.3, 0.4) is 0 Å². The van der Waals surface area contributed by atoms with E-state index in [2.05, 4.69) is 4.99 Å². The van der Waals surface area contributed by atoms with Crippen LogP contribution in [0.4, 0.5) is 0 Å². The summed E-state index contributed by atoms with van der Waals surface area (Å²) in [6, 6.07) is 9.51. The van der Waals surface area contributed by atoms with Crippen LogP contribution in [0.25, 0.3) is 6.08 Å². The van der Waals surface area contributed by atoms with Gasteiger partial charge in [-0.25, -0.2) is 4.99 Å². The van der Waals surface area contributed by atoms with Gasteiger partial charge < -0.3 is 14.6 Å². The molecule has 3 aromatic rings. The molecule has 5 rings (SSSR count). The van der Waals surface area contributed by atoms with E-state index in [4.69, 9.17) is 32.7 Å². The van der Waals surface area contributed by atoms with E-state index < -0.39 is 23.7 Å². The van der Waals surface area contributed by atoms with Gasteiger partial charge in [0.05, 0.1) is 22.7 Å². The van der Waals surface area contributed by atoms with Crippen molar-refractivity contribution in [1.82, 2.24) is 4.57 Å². The number of aromatic hydroxyl groups is 1. The average Bonchev–Trinajstić information content (AvgIpc) is 3.04. The summed E-state index contributed by atoms with van der Waals surface area (Å²) in [6.45, 7) is 1.71. The monoisotopic (exact) mass is 490 g/mol. The zero-order valence-electron chi connectivity index (χ0n) is 16.8. The number of nitrogens with zero attached hydrogens (tertiary/aromatic N) is 2. The van der Waals surface area contributed by atoms with Gasteiger partial charge in [0, 0.05) is 16.1 Å². The fourth-order valence-electron chi connectivity index (χ4n) is 4.27. The number of halogens is 2. The van der Waals surface area contributed by atoms with Crippen molar-refractivity contribution in [2.45, 2.75) is 18.7 Å². The zero-order valence-corrected chi connectivity index (χ0v) is 19.2. The second kappa shape index (κ2) is 7.37. The number of carbonyl (C=O) groups is 1. The van der Waals surface area contributed by atoms with E-state index in [9.17, 15) is 14.7 Å². The van der Waals surface area contributed by atoms with Crippen LogP contribution in [-0.4, -0.2) is 28.5 Å². The van der Waals surface area contributed by atoms with Gasteiger partial charge >= 0.3 is 5.97 Å². The minimum absolute atomic E-state index is 0.0753. The third-order valence-electron chi connectivity index (χ3n) is 5.68. The lowest BCUT2D eigenvalue weighted by molar-refractivity contribution is -0.158. The number of carbonyl (C=O) groups excluding carboxylic acids is 1. The van der Waals surface area contributed by atoms with Crippen molar-refractivity contribution in [2.75, 3.05) is 7.11 Å². The molecule has 2 aromatic carbocycles. The van der Waals surface area contributed by atoms with Crippen molar-refractivity contribution in [3.05, 3.63) is 77.3 Å². The summed E-state index contributed by atoms with van der Waals surface area (Å²) < 4.78 is 13.0. The molecule has 32 heavy (non-hydrogen) atoms. The summed E-state index contributed by atoms with van der Waals surface area (Å²) in [5.74, 6) is -1.01. The smallest absolute Gasteiger partial charge is 0.317 e. The van der Waals surface area contributed by atoms with E-state index in [0.717, 1.165) is 11.3 Å². The molecule has 2 aliphatic heterocycles. The Hall–Kier alpha value is -2.81. The third kappa shape index (κ3) is 3.05. The van der Waals surface area contributed by atoms with E-state index in [0.29, 0.717) is 31.2 Å². The Morgan fingerprint density at radius 1 is 1.34 bits per heavy atom. The number of esters is 1. The first kappa shape index (κ1) is 21.1. The van der Waals surface area contributed by atoms with E-state index in [-0.39, 0.29) is 16.3 Å². The molecule has 0 radical (unpaired) electrons. The number of ether oxygens (including phenoxy) is 2. The van der Waals surface area contributed by atoms with Gasteiger partial charge in [-0.1, -0.05) is 52.7 Å². The van der Waals surface area contributed by atoms with Gasteiger partial charge in [-0.2, -0.15) is 0 Å². The number of hydrogen-bond donors (Lipinski definition) is 1. The Kier molecular flexibility index (Phi) is 4.85. The van der Waals surface area contributed by atoms with Gasteiger partial charge in [-0.3, -0.25) is 14.2 Å². The van der Waals surface area contributed by atoms with E-state index in [1.165, 1.54) is 29.9 Å². The zero-order chi connectivity index (χ0) is 22.8. The van der Waals surface area contributed by atoms with Crippen LogP contribution < -0.4 is 19.6 Å². The van der Waals surface area contributed by atoms with Crippen LogP contribution in [-0.2, 0) is 9.53 Å².